The van der Waals surface area contributed by atoms with E-state index in [4.69, 9.17) is 20.0 Å². The molecule has 82 valence electrons. The molecule has 0 bridgehead atoms. The minimum atomic E-state index is -4.27. The topological polar surface area (TPSA) is 118 Å². The van der Waals surface area contributed by atoms with E-state index in [9.17, 15) is 9.36 Å². The number of aliphatic carboxylic acids is 1. The Labute approximate surface area is 80.4 Å². The molecule has 0 rings (SSSR count). The maximum Gasteiger partial charge on any atom is 0.339 e. The van der Waals surface area contributed by atoms with Gasteiger partial charge in [0.1, 0.15) is 6.29 Å². The number of carbonyl (C=O) groups is 1. The molecule has 0 aromatic heterocycles. The van der Waals surface area contributed by atoms with Gasteiger partial charge in [0.15, 0.2) is 0 Å². The van der Waals surface area contributed by atoms with Gasteiger partial charge in [0.25, 0.3) is 0 Å². The average molecular weight is 225 g/mol. The second kappa shape index (κ2) is 5.77. The first kappa shape index (κ1) is 13.1. The minimum Gasteiger partial charge on any atom is -0.516 e. The van der Waals surface area contributed by atoms with Gasteiger partial charge in [-0.25, -0.2) is 0 Å². The Morgan fingerprint density at radius 1 is 1.43 bits per heavy atom. The maximum atomic E-state index is 10.6. The lowest BCUT2D eigenvalue weighted by atomic mass is 10.5. The van der Waals surface area contributed by atoms with Crippen molar-refractivity contribution in [3.05, 3.63) is 12.3 Å². The zero-order chi connectivity index (χ0) is 11.2. The Hall–Kier alpha value is -0.880. The summed E-state index contributed by atoms with van der Waals surface area (Å²) in [4.78, 5) is 28.5. The van der Waals surface area contributed by atoms with Crippen molar-refractivity contribution >= 4 is 13.6 Å². The summed E-state index contributed by atoms with van der Waals surface area (Å²) < 4.78 is 10.6. The van der Waals surface area contributed by atoms with Crippen LogP contribution < -0.4 is 0 Å². The lowest BCUT2D eigenvalue weighted by molar-refractivity contribution is -0.137. The number of nitrogens with zero attached hydrogens (tertiary/aromatic N) is 1. The summed E-state index contributed by atoms with van der Waals surface area (Å²) in [6.07, 6.45) is 1.23. The Bertz CT molecular complexity index is 259. The molecule has 0 aliphatic heterocycles. The number of hydrogen-bond acceptors (Lipinski definition) is 4. The second-order valence-corrected chi connectivity index (χ2v) is 4.21. The normalized spacial score (nSPS) is 12.5. The minimum absolute atomic E-state index is 0.0338. The molecule has 0 aromatic carbocycles. The summed E-state index contributed by atoms with van der Waals surface area (Å²) in [5.74, 6) is -1.19. The second-order valence-electron chi connectivity index (χ2n) is 2.60. The molecule has 4 N–H and O–H groups in total. The zero-order valence-electron chi connectivity index (χ0n) is 7.28. The van der Waals surface area contributed by atoms with E-state index < -0.39 is 26.4 Å². The van der Waals surface area contributed by atoms with Crippen LogP contribution in [0.3, 0.4) is 0 Å². The molecule has 0 fully saturated rings. The Morgan fingerprint density at radius 3 is 2.36 bits per heavy atom. The fraction of sp³-hybridized carbons (Fsp3) is 0.500. The van der Waals surface area contributed by atoms with Crippen LogP contribution in [0.2, 0.25) is 0 Å². The highest BCUT2D eigenvalue weighted by Crippen LogP contribution is 2.34. The monoisotopic (exact) mass is 225 g/mol. The van der Waals surface area contributed by atoms with Crippen molar-refractivity contribution < 1.29 is 29.4 Å². The highest BCUT2D eigenvalue weighted by atomic mass is 31.2. The number of hydrogen-bond donors (Lipinski definition) is 4. The number of aliphatic hydroxyl groups is 1. The molecule has 14 heavy (non-hydrogen) atoms. The highest BCUT2D eigenvalue weighted by molar-refractivity contribution is 7.51. The van der Waals surface area contributed by atoms with E-state index >= 15 is 0 Å². The van der Waals surface area contributed by atoms with Gasteiger partial charge in [-0.05, 0) is 6.08 Å². The molecule has 0 spiro atoms. The molecule has 8 heteroatoms. The lowest BCUT2D eigenvalue weighted by Gasteiger charge is -2.18. The fourth-order valence-corrected chi connectivity index (χ4v) is 1.56. The van der Waals surface area contributed by atoms with Crippen molar-refractivity contribution in [3.63, 3.8) is 0 Å². The smallest absolute Gasteiger partial charge is 0.339 e. The van der Waals surface area contributed by atoms with Crippen molar-refractivity contribution in [3.8, 4) is 0 Å². The third-order valence-electron chi connectivity index (χ3n) is 1.21. The summed E-state index contributed by atoms with van der Waals surface area (Å²) in [5.41, 5.74) is 0. The average Bonchev–Trinajstić information content (AvgIpc) is 1.96. The van der Waals surface area contributed by atoms with E-state index in [2.05, 4.69) is 0 Å². The van der Waals surface area contributed by atoms with Crippen LogP contribution in [0.5, 0.6) is 0 Å². The van der Waals surface area contributed by atoms with Crippen LogP contribution in [0.4, 0.5) is 0 Å². The number of rotatable bonds is 6. The van der Waals surface area contributed by atoms with Gasteiger partial charge in [-0.15, -0.1) is 0 Å². The van der Waals surface area contributed by atoms with E-state index in [1.807, 2.05) is 0 Å². The van der Waals surface area contributed by atoms with Crippen LogP contribution in [0.1, 0.15) is 0 Å². The van der Waals surface area contributed by atoms with Crippen LogP contribution in [-0.2, 0) is 9.36 Å². The first-order valence-electron chi connectivity index (χ1n) is 3.63. The van der Waals surface area contributed by atoms with Crippen molar-refractivity contribution in [2.45, 2.75) is 0 Å². The summed E-state index contributed by atoms with van der Waals surface area (Å²) in [5, 5.41) is 16.7. The standard InChI is InChI=1S/C6H12NO6P/c8-3-1-2-7(4-6(9)10)5-14(11,12)13/h1,3,8H,2,4-5H2,(H,9,10)(H2,11,12,13). The first-order valence-corrected chi connectivity index (χ1v) is 5.43. The highest BCUT2D eigenvalue weighted by Gasteiger charge is 2.19. The third kappa shape index (κ3) is 7.75. The van der Waals surface area contributed by atoms with Gasteiger partial charge in [-0.2, -0.15) is 0 Å². The Balaban J connectivity index is 4.24. The summed E-state index contributed by atoms with van der Waals surface area (Å²) in [7, 11) is -4.27. The van der Waals surface area contributed by atoms with Gasteiger partial charge in [-0.1, -0.05) is 0 Å². The SMILES string of the molecule is O=C(O)CN(CC=CO)CP(=O)(O)O. The number of carboxylic acid groups (broad SMARTS) is 1. The van der Waals surface area contributed by atoms with Crippen LogP contribution in [-0.4, -0.2) is 50.2 Å². The lowest BCUT2D eigenvalue weighted by Crippen LogP contribution is -2.30. The van der Waals surface area contributed by atoms with E-state index in [1.165, 1.54) is 6.08 Å². The molecule has 0 radical (unpaired) electrons. The largest absolute Gasteiger partial charge is 0.516 e. The van der Waals surface area contributed by atoms with E-state index in [1.54, 1.807) is 0 Å². The molecule has 0 saturated heterocycles. The summed E-state index contributed by atoms with van der Waals surface area (Å²) in [6, 6.07) is 0. The molecule has 0 unspecified atom stereocenters. The van der Waals surface area contributed by atoms with Crippen LogP contribution >= 0.6 is 7.60 Å². The zero-order valence-corrected chi connectivity index (χ0v) is 8.17. The van der Waals surface area contributed by atoms with Crippen molar-refractivity contribution in [2.24, 2.45) is 0 Å². The van der Waals surface area contributed by atoms with Gasteiger partial charge in [-0.3, -0.25) is 14.3 Å². The van der Waals surface area contributed by atoms with Gasteiger partial charge >= 0.3 is 13.6 Å². The van der Waals surface area contributed by atoms with E-state index in [0.717, 1.165) is 4.90 Å². The quantitative estimate of drug-likeness (QED) is 0.358. The summed E-state index contributed by atoms with van der Waals surface area (Å²) in [6.45, 7) is -0.524. The predicted molar refractivity (Wildman–Crippen MR) is 47.9 cm³/mol. The number of aliphatic hydroxyl groups excluding tert-OH is 1. The number of carboxylic acids is 1. The van der Waals surface area contributed by atoms with E-state index in [-0.39, 0.29) is 6.54 Å². The molecule has 7 nitrogen and oxygen atoms in total. The molecule has 0 heterocycles. The van der Waals surface area contributed by atoms with Crippen molar-refractivity contribution in [2.75, 3.05) is 19.4 Å². The molecule has 0 atom stereocenters. The maximum absolute atomic E-state index is 10.6. The van der Waals surface area contributed by atoms with Crippen LogP contribution in [0.15, 0.2) is 12.3 Å². The molecule has 0 aliphatic rings. The van der Waals surface area contributed by atoms with Gasteiger partial charge < -0.3 is 20.0 Å². The Morgan fingerprint density at radius 2 is 2.00 bits per heavy atom. The molecular formula is C6H12NO6P. The molecule has 0 aliphatic carbocycles. The van der Waals surface area contributed by atoms with Crippen molar-refractivity contribution in [1.82, 2.24) is 4.90 Å². The van der Waals surface area contributed by atoms with Crippen LogP contribution in [0.25, 0.3) is 0 Å². The third-order valence-corrected chi connectivity index (χ3v) is 1.98. The summed E-state index contributed by atoms with van der Waals surface area (Å²) >= 11 is 0. The van der Waals surface area contributed by atoms with Gasteiger partial charge in [0.2, 0.25) is 0 Å². The molecule has 0 amide bonds. The van der Waals surface area contributed by atoms with Gasteiger partial charge in [0, 0.05) is 6.54 Å². The van der Waals surface area contributed by atoms with Gasteiger partial charge in [0.05, 0.1) is 12.8 Å². The molecule has 0 aromatic rings. The first-order chi connectivity index (χ1) is 6.35. The predicted octanol–water partition coefficient (Wildman–Crippen LogP) is -0.420. The Kier molecular flexibility index (Phi) is 5.40. The van der Waals surface area contributed by atoms with Crippen molar-refractivity contribution in [1.29, 1.82) is 0 Å². The molecular weight excluding hydrogens is 213 g/mol. The molecule has 0 saturated carbocycles. The fourth-order valence-electron chi connectivity index (χ4n) is 0.820. The van der Waals surface area contributed by atoms with E-state index in [0.29, 0.717) is 6.26 Å². The van der Waals surface area contributed by atoms with Crippen LogP contribution in [0, 0.1) is 0 Å².